The molecular formula is C18H20F3N5O5. The zero-order valence-corrected chi connectivity index (χ0v) is 16.5. The first kappa shape index (κ1) is 25.4. The number of carbonyl (C=O) groups excluding carboxylic acids is 2. The molecule has 2 aromatic rings. The summed E-state index contributed by atoms with van der Waals surface area (Å²) in [6.07, 6.45) is 1.65. The van der Waals surface area contributed by atoms with Gasteiger partial charge in [0.1, 0.15) is 18.2 Å². The lowest BCUT2D eigenvalue weighted by Crippen LogP contribution is -2.50. The smallest absolute Gasteiger partial charge is 0.430 e. The van der Waals surface area contributed by atoms with E-state index in [1.807, 2.05) is 13.8 Å². The molecule has 31 heavy (non-hydrogen) atoms. The quantitative estimate of drug-likeness (QED) is 0.556. The third-order valence-electron chi connectivity index (χ3n) is 3.47. The molecule has 0 fully saturated rings. The van der Waals surface area contributed by atoms with Gasteiger partial charge in [0.15, 0.2) is 12.0 Å². The van der Waals surface area contributed by atoms with E-state index in [0.29, 0.717) is 12.2 Å². The Kier molecular flexibility index (Phi) is 9.44. The molecule has 0 aliphatic heterocycles. The van der Waals surface area contributed by atoms with Gasteiger partial charge in [-0.25, -0.2) is 14.8 Å². The van der Waals surface area contributed by atoms with E-state index in [0.717, 1.165) is 5.56 Å². The number of carbonyl (C=O) groups is 3. The van der Waals surface area contributed by atoms with Gasteiger partial charge >= 0.3 is 12.1 Å². The van der Waals surface area contributed by atoms with Crippen molar-refractivity contribution in [2.45, 2.75) is 39.0 Å². The first-order chi connectivity index (χ1) is 14.4. The van der Waals surface area contributed by atoms with Crippen LogP contribution < -0.4 is 15.1 Å². The molecule has 10 nitrogen and oxygen atoms in total. The fourth-order valence-corrected chi connectivity index (χ4v) is 2.14. The minimum absolute atomic E-state index is 0.0577. The summed E-state index contributed by atoms with van der Waals surface area (Å²) in [6.45, 7) is 3.75. The van der Waals surface area contributed by atoms with Crippen LogP contribution in [0.4, 0.5) is 13.2 Å². The molecule has 2 rings (SSSR count). The van der Waals surface area contributed by atoms with Crippen molar-refractivity contribution >= 4 is 17.8 Å². The number of amides is 1. The number of halogens is 3. The largest absolute Gasteiger partial charge is 0.542 e. The number of aromatic nitrogens is 4. The molecule has 0 aliphatic carbocycles. The molecule has 13 heteroatoms. The Morgan fingerprint density at radius 2 is 1.81 bits per heavy atom. The van der Waals surface area contributed by atoms with Crippen LogP contribution in [0.2, 0.25) is 0 Å². The van der Waals surface area contributed by atoms with Crippen LogP contribution in [0.15, 0.2) is 36.9 Å². The summed E-state index contributed by atoms with van der Waals surface area (Å²) in [7, 11) is 0. The number of nitrogens with zero attached hydrogens (tertiary/aromatic N) is 4. The van der Waals surface area contributed by atoms with E-state index in [9.17, 15) is 22.8 Å². The van der Waals surface area contributed by atoms with Crippen LogP contribution >= 0.6 is 0 Å². The SMILES string of the molecule is CC(C)CC(NC(=O)C[n+]1ccc(-c2ncccn2)cn1)C(=O)O.O=C([O-])C(F)(F)F. The molecule has 0 aromatic carbocycles. The van der Waals surface area contributed by atoms with Crippen molar-refractivity contribution in [2.75, 3.05) is 0 Å². The highest BCUT2D eigenvalue weighted by Crippen LogP contribution is 2.11. The van der Waals surface area contributed by atoms with Crippen molar-refractivity contribution < 1.29 is 42.4 Å². The minimum Gasteiger partial charge on any atom is -0.542 e. The van der Waals surface area contributed by atoms with Crippen LogP contribution in [0.25, 0.3) is 11.4 Å². The van der Waals surface area contributed by atoms with Crippen molar-refractivity contribution in [3.63, 3.8) is 0 Å². The van der Waals surface area contributed by atoms with Crippen molar-refractivity contribution in [3.8, 4) is 11.4 Å². The zero-order chi connectivity index (χ0) is 23.6. The molecule has 2 aromatic heterocycles. The molecule has 1 unspecified atom stereocenters. The second-order valence-electron chi connectivity index (χ2n) is 6.56. The zero-order valence-electron chi connectivity index (χ0n) is 16.5. The molecule has 1 amide bonds. The third-order valence-corrected chi connectivity index (χ3v) is 3.47. The van der Waals surface area contributed by atoms with Gasteiger partial charge < -0.3 is 20.3 Å². The summed E-state index contributed by atoms with van der Waals surface area (Å²) in [5.74, 6) is -3.73. The minimum atomic E-state index is -5.19. The van der Waals surface area contributed by atoms with Crippen molar-refractivity contribution in [2.24, 2.45) is 5.92 Å². The lowest BCUT2D eigenvalue weighted by molar-refractivity contribution is -0.742. The Balaban J connectivity index is 0.000000592. The van der Waals surface area contributed by atoms with Crippen LogP contribution in [0.1, 0.15) is 20.3 Å². The number of hydrogen-bond acceptors (Lipinski definition) is 7. The Hall–Kier alpha value is -3.64. The van der Waals surface area contributed by atoms with Crippen molar-refractivity contribution in [3.05, 3.63) is 36.9 Å². The predicted octanol–water partition coefficient (Wildman–Crippen LogP) is -0.260. The van der Waals surface area contributed by atoms with Crippen LogP contribution in [-0.4, -0.2) is 50.2 Å². The van der Waals surface area contributed by atoms with E-state index < -0.39 is 30.1 Å². The van der Waals surface area contributed by atoms with Gasteiger partial charge in [-0.05, 0) is 23.5 Å². The van der Waals surface area contributed by atoms with Crippen molar-refractivity contribution in [1.82, 2.24) is 20.4 Å². The molecule has 0 saturated carbocycles. The van der Waals surface area contributed by atoms with Crippen LogP contribution in [0.3, 0.4) is 0 Å². The first-order valence-electron chi connectivity index (χ1n) is 8.83. The molecule has 0 saturated heterocycles. The number of alkyl halides is 3. The van der Waals surface area contributed by atoms with Gasteiger partial charge in [0.2, 0.25) is 0 Å². The monoisotopic (exact) mass is 443 g/mol. The molecule has 0 spiro atoms. The van der Waals surface area contributed by atoms with Crippen molar-refractivity contribution in [1.29, 1.82) is 0 Å². The van der Waals surface area contributed by atoms with Gasteiger partial charge in [-0.15, -0.1) is 0 Å². The third kappa shape index (κ3) is 9.60. The maximum atomic E-state index is 12.0. The predicted molar refractivity (Wildman–Crippen MR) is 95.5 cm³/mol. The highest BCUT2D eigenvalue weighted by Gasteiger charge is 2.28. The Morgan fingerprint density at radius 1 is 1.23 bits per heavy atom. The summed E-state index contributed by atoms with van der Waals surface area (Å²) < 4.78 is 33.0. The molecule has 2 heterocycles. The lowest BCUT2D eigenvalue weighted by atomic mass is 10.0. The molecule has 2 N–H and O–H groups in total. The first-order valence-corrected chi connectivity index (χ1v) is 8.83. The maximum absolute atomic E-state index is 12.0. The van der Waals surface area contributed by atoms with Gasteiger partial charge in [-0.1, -0.05) is 18.5 Å². The van der Waals surface area contributed by atoms with Gasteiger partial charge in [0, 0.05) is 24.0 Å². The molecular weight excluding hydrogens is 423 g/mol. The van der Waals surface area contributed by atoms with E-state index in [1.54, 1.807) is 36.9 Å². The summed E-state index contributed by atoms with van der Waals surface area (Å²) in [4.78, 5) is 40.2. The Morgan fingerprint density at radius 3 is 2.23 bits per heavy atom. The average Bonchev–Trinajstić information content (AvgIpc) is 2.68. The van der Waals surface area contributed by atoms with E-state index >= 15 is 0 Å². The molecule has 168 valence electrons. The summed E-state index contributed by atoms with van der Waals surface area (Å²) in [6, 6.07) is 2.58. The van der Waals surface area contributed by atoms with E-state index in [4.69, 9.17) is 15.0 Å². The molecule has 0 radical (unpaired) electrons. The second-order valence-corrected chi connectivity index (χ2v) is 6.56. The summed E-state index contributed by atoms with van der Waals surface area (Å²) in [5, 5.41) is 24.6. The molecule has 0 bridgehead atoms. The Bertz CT molecular complexity index is 876. The number of aliphatic carboxylic acids is 2. The van der Waals surface area contributed by atoms with E-state index in [-0.39, 0.29) is 12.5 Å². The van der Waals surface area contributed by atoms with E-state index in [2.05, 4.69) is 20.4 Å². The molecule has 1 atom stereocenters. The highest BCUT2D eigenvalue weighted by molar-refractivity contribution is 5.82. The maximum Gasteiger partial charge on any atom is 0.430 e. The summed E-state index contributed by atoms with van der Waals surface area (Å²) >= 11 is 0. The summed E-state index contributed by atoms with van der Waals surface area (Å²) in [5.41, 5.74) is 0.732. The number of nitrogens with one attached hydrogen (secondary N) is 1. The highest BCUT2D eigenvalue weighted by atomic mass is 19.4. The fourth-order valence-electron chi connectivity index (χ4n) is 2.14. The van der Waals surface area contributed by atoms with Gasteiger partial charge in [0.05, 0.1) is 0 Å². The number of hydrogen-bond donors (Lipinski definition) is 2. The van der Waals surface area contributed by atoms with Gasteiger partial charge in [-0.3, -0.25) is 4.79 Å². The number of rotatable bonds is 7. The normalized spacial score (nSPS) is 11.8. The second kappa shape index (κ2) is 11.5. The topological polar surface area (TPSA) is 149 Å². The van der Waals surface area contributed by atoms with E-state index in [1.165, 1.54) is 4.68 Å². The van der Waals surface area contributed by atoms with Gasteiger partial charge in [0.25, 0.3) is 12.5 Å². The number of carboxylic acid groups (broad SMARTS) is 2. The standard InChI is InChI=1S/C16H19N5O3.C2HF3O2/c1-11(2)8-13(16(23)24)20-14(22)10-21-7-4-12(9-19-21)15-17-5-3-6-18-15;3-2(4,5)1(6)7/h3-7,9,11,13H,8,10H2,1-2H3,(H-,20,22,23,24);(H,6,7). The number of carboxylic acids is 2. The van der Waals surface area contributed by atoms with Crippen LogP contribution in [0, 0.1) is 5.92 Å². The van der Waals surface area contributed by atoms with Crippen LogP contribution in [-0.2, 0) is 20.9 Å². The Labute approximate surface area is 174 Å². The fraction of sp³-hybridized carbons (Fsp3) is 0.389. The average molecular weight is 443 g/mol. The lowest BCUT2D eigenvalue weighted by Gasteiger charge is -2.15. The molecule has 0 aliphatic rings. The van der Waals surface area contributed by atoms with Crippen LogP contribution in [0.5, 0.6) is 0 Å². The van der Waals surface area contributed by atoms with Gasteiger partial charge in [-0.2, -0.15) is 13.2 Å².